The Bertz CT molecular complexity index is 423. The van der Waals surface area contributed by atoms with Crippen molar-refractivity contribution < 1.29 is 14.4 Å². The average molecular weight is 327 g/mol. The van der Waals surface area contributed by atoms with Crippen molar-refractivity contribution in [2.24, 2.45) is 11.7 Å². The van der Waals surface area contributed by atoms with E-state index >= 15 is 0 Å². The van der Waals surface area contributed by atoms with E-state index in [0.717, 1.165) is 0 Å². The van der Waals surface area contributed by atoms with Gasteiger partial charge in [0.1, 0.15) is 6.04 Å². The molecule has 0 aromatic carbocycles. The van der Waals surface area contributed by atoms with Gasteiger partial charge >= 0.3 is 6.03 Å². The summed E-state index contributed by atoms with van der Waals surface area (Å²) in [4.78, 5) is 34.8. The molecule has 0 fully saturated rings. The summed E-state index contributed by atoms with van der Waals surface area (Å²) in [6, 6.07) is -1.72. The highest BCUT2D eigenvalue weighted by atomic mass is 16.2. The Hall–Kier alpha value is -2.09. The zero-order chi connectivity index (χ0) is 17.8. The molecule has 0 saturated carbocycles. The van der Waals surface area contributed by atoms with Crippen molar-refractivity contribution >= 4 is 17.8 Å². The zero-order valence-corrected chi connectivity index (χ0v) is 14.3. The molecule has 23 heavy (non-hydrogen) atoms. The van der Waals surface area contributed by atoms with Gasteiger partial charge in [0.2, 0.25) is 11.8 Å². The number of nitrogens with two attached hydrogens (primary N) is 1. The van der Waals surface area contributed by atoms with Crippen molar-refractivity contribution in [3.63, 3.8) is 0 Å². The van der Waals surface area contributed by atoms with Gasteiger partial charge in [-0.1, -0.05) is 32.9 Å². The van der Waals surface area contributed by atoms with Crippen LogP contribution in [0.2, 0.25) is 0 Å². The molecule has 0 aliphatic heterocycles. The van der Waals surface area contributed by atoms with Crippen LogP contribution in [0.1, 0.15) is 27.2 Å². The molecule has 4 amide bonds. The van der Waals surface area contributed by atoms with Crippen LogP contribution in [0.15, 0.2) is 12.2 Å². The summed E-state index contributed by atoms with van der Waals surface area (Å²) in [5, 5.41) is 10.8. The maximum Gasteiger partial charge on any atom is 0.312 e. The first-order valence-corrected chi connectivity index (χ1v) is 7.78. The SMILES string of the molecule is CCN[C@H](C(=O)N[C@@H](/C=C/CCNC(N)=O)C(=O)NC)C(C)C. The van der Waals surface area contributed by atoms with Crippen LogP contribution in [0.4, 0.5) is 4.79 Å². The summed E-state index contributed by atoms with van der Waals surface area (Å²) in [6.45, 7) is 6.83. The van der Waals surface area contributed by atoms with Gasteiger partial charge < -0.3 is 27.0 Å². The number of urea groups is 1. The van der Waals surface area contributed by atoms with Gasteiger partial charge in [0, 0.05) is 13.6 Å². The monoisotopic (exact) mass is 327 g/mol. The molecule has 0 aromatic heterocycles. The second-order valence-electron chi connectivity index (χ2n) is 5.39. The standard InChI is InChI=1S/C15H29N5O3/c1-5-18-12(10(2)3)14(22)20-11(13(21)17-4)8-6-7-9-19-15(16)23/h6,8,10-12,18H,5,7,9H2,1-4H3,(H,17,21)(H,20,22)(H3,16,19,23)/b8-6+/t11-,12-/m0/s1. The van der Waals surface area contributed by atoms with E-state index in [2.05, 4.69) is 21.3 Å². The molecule has 0 heterocycles. The van der Waals surface area contributed by atoms with Gasteiger partial charge in [0.05, 0.1) is 6.04 Å². The van der Waals surface area contributed by atoms with E-state index in [0.29, 0.717) is 19.5 Å². The van der Waals surface area contributed by atoms with E-state index in [1.54, 1.807) is 12.2 Å². The minimum atomic E-state index is -0.763. The summed E-state index contributed by atoms with van der Waals surface area (Å²) >= 11 is 0. The normalized spacial score (nSPS) is 13.6. The molecule has 8 heteroatoms. The fourth-order valence-corrected chi connectivity index (χ4v) is 1.96. The van der Waals surface area contributed by atoms with Crippen molar-refractivity contribution in [1.29, 1.82) is 0 Å². The number of hydrogen-bond acceptors (Lipinski definition) is 4. The molecular weight excluding hydrogens is 298 g/mol. The summed E-state index contributed by atoms with van der Waals surface area (Å²) in [6.07, 6.45) is 3.82. The predicted molar refractivity (Wildman–Crippen MR) is 89.6 cm³/mol. The maximum atomic E-state index is 12.3. The summed E-state index contributed by atoms with van der Waals surface area (Å²) in [5.74, 6) is -0.434. The van der Waals surface area contributed by atoms with E-state index in [1.165, 1.54) is 7.05 Å². The van der Waals surface area contributed by atoms with Crippen molar-refractivity contribution in [2.45, 2.75) is 39.3 Å². The Labute approximate surface area is 137 Å². The molecule has 0 bridgehead atoms. The molecule has 132 valence electrons. The fourth-order valence-electron chi connectivity index (χ4n) is 1.96. The van der Waals surface area contributed by atoms with Gasteiger partial charge in [-0.15, -0.1) is 0 Å². The van der Waals surface area contributed by atoms with Crippen LogP contribution >= 0.6 is 0 Å². The van der Waals surface area contributed by atoms with Gasteiger partial charge in [-0.3, -0.25) is 9.59 Å². The van der Waals surface area contributed by atoms with Crippen LogP contribution in [-0.4, -0.2) is 50.1 Å². The predicted octanol–water partition coefficient (Wildman–Crippen LogP) is -0.534. The molecule has 0 rings (SSSR count). The average Bonchev–Trinajstić information content (AvgIpc) is 2.49. The highest BCUT2D eigenvalue weighted by Crippen LogP contribution is 2.03. The lowest BCUT2D eigenvalue weighted by Crippen LogP contribution is -2.53. The largest absolute Gasteiger partial charge is 0.357 e. The maximum absolute atomic E-state index is 12.3. The highest BCUT2D eigenvalue weighted by Gasteiger charge is 2.25. The third kappa shape index (κ3) is 8.82. The van der Waals surface area contributed by atoms with E-state index in [1.807, 2.05) is 20.8 Å². The topological polar surface area (TPSA) is 125 Å². The molecule has 0 saturated heterocycles. The smallest absolute Gasteiger partial charge is 0.312 e. The first-order valence-electron chi connectivity index (χ1n) is 7.78. The summed E-state index contributed by atoms with van der Waals surface area (Å²) in [7, 11) is 1.51. The van der Waals surface area contributed by atoms with Gasteiger partial charge in [-0.25, -0.2) is 4.79 Å². The number of carbonyl (C=O) groups is 3. The second kappa shape index (κ2) is 11.5. The van der Waals surface area contributed by atoms with E-state index in [9.17, 15) is 14.4 Å². The molecule has 0 unspecified atom stereocenters. The summed E-state index contributed by atoms with van der Waals surface area (Å²) in [5.41, 5.74) is 4.96. The quantitative estimate of drug-likeness (QED) is 0.273. The van der Waals surface area contributed by atoms with Crippen LogP contribution in [0.5, 0.6) is 0 Å². The molecule has 2 atom stereocenters. The van der Waals surface area contributed by atoms with E-state index in [4.69, 9.17) is 5.73 Å². The third-order valence-electron chi connectivity index (χ3n) is 3.14. The lowest BCUT2D eigenvalue weighted by Gasteiger charge is -2.23. The molecule has 0 aromatic rings. The van der Waals surface area contributed by atoms with Gasteiger partial charge in [-0.2, -0.15) is 0 Å². The first-order chi connectivity index (χ1) is 10.8. The van der Waals surface area contributed by atoms with Crippen molar-refractivity contribution in [3.05, 3.63) is 12.2 Å². The van der Waals surface area contributed by atoms with Crippen molar-refractivity contribution in [2.75, 3.05) is 20.1 Å². The number of amides is 4. The number of carbonyl (C=O) groups excluding carboxylic acids is 3. The van der Waals surface area contributed by atoms with Gasteiger partial charge in [0.15, 0.2) is 0 Å². The Kier molecular flexibility index (Phi) is 10.4. The molecule has 6 N–H and O–H groups in total. The van der Waals surface area contributed by atoms with Crippen molar-refractivity contribution in [3.8, 4) is 0 Å². The molecule has 0 aliphatic rings. The molecule has 0 aliphatic carbocycles. The Morgan fingerprint density at radius 3 is 2.30 bits per heavy atom. The fraction of sp³-hybridized carbons (Fsp3) is 0.667. The molecular formula is C15H29N5O3. The lowest BCUT2D eigenvalue weighted by atomic mass is 10.0. The molecule has 8 nitrogen and oxygen atoms in total. The second-order valence-corrected chi connectivity index (χ2v) is 5.39. The van der Waals surface area contributed by atoms with Gasteiger partial charge in [0.25, 0.3) is 0 Å². The Morgan fingerprint density at radius 1 is 1.17 bits per heavy atom. The Balaban J connectivity index is 4.71. The minimum Gasteiger partial charge on any atom is -0.357 e. The number of nitrogens with one attached hydrogen (secondary N) is 4. The van der Waals surface area contributed by atoms with E-state index < -0.39 is 12.1 Å². The van der Waals surface area contributed by atoms with Crippen LogP contribution in [0.3, 0.4) is 0 Å². The number of likely N-dealkylation sites (N-methyl/N-ethyl adjacent to an activating group) is 2. The van der Waals surface area contributed by atoms with E-state index in [-0.39, 0.29) is 23.8 Å². The first kappa shape index (κ1) is 20.9. The Morgan fingerprint density at radius 2 is 1.83 bits per heavy atom. The van der Waals surface area contributed by atoms with Crippen LogP contribution in [0, 0.1) is 5.92 Å². The zero-order valence-electron chi connectivity index (χ0n) is 14.3. The highest BCUT2D eigenvalue weighted by molar-refractivity contribution is 5.91. The lowest BCUT2D eigenvalue weighted by molar-refractivity contribution is -0.129. The van der Waals surface area contributed by atoms with Crippen LogP contribution < -0.4 is 27.0 Å². The van der Waals surface area contributed by atoms with Crippen molar-refractivity contribution in [1.82, 2.24) is 21.3 Å². The molecule has 0 radical (unpaired) electrons. The van der Waals surface area contributed by atoms with Crippen LogP contribution in [-0.2, 0) is 9.59 Å². The van der Waals surface area contributed by atoms with Crippen LogP contribution in [0.25, 0.3) is 0 Å². The molecule has 0 spiro atoms. The van der Waals surface area contributed by atoms with Gasteiger partial charge in [-0.05, 0) is 18.9 Å². The number of primary amides is 1. The number of hydrogen-bond donors (Lipinski definition) is 5. The number of rotatable bonds is 10. The minimum absolute atomic E-state index is 0.101. The summed E-state index contributed by atoms with van der Waals surface area (Å²) < 4.78 is 0. The third-order valence-corrected chi connectivity index (χ3v) is 3.14.